The maximum Gasteiger partial charge on any atom is 0.131 e. The van der Waals surface area contributed by atoms with Gasteiger partial charge in [-0.2, -0.15) is 0 Å². The number of hydrogen-bond acceptors (Lipinski definition) is 1. The molecule has 0 saturated heterocycles. The number of hydrogen-bond donors (Lipinski definition) is 1. The number of halogens is 2. The lowest BCUT2D eigenvalue weighted by molar-refractivity contribution is 0.534. The largest absolute Gasteiger partial charge is 0.347 e. The van der Waals surface area contributed by atoms with Gasteiger partial charge in [-0.15, -0.1) is 0 Å². The Morgan fingerprint density at radius 3 is 2.57 bits per heavy atom. The zero-order valence-electron chi connectivity index (χ0n) is 13.3. The van der Waals surface area contributed by atoms with Gasteiger partial charge >= 0.3 is 0 Å². The van der Waals surface area contributed by atoms with Crippen LogP contribution in [0.3, 0.4) is 0 Å². The van der Waals surface area contributed by atoms with Crippen molar-refractivity contribution in [1.82, 2.24) is 4.57 Å². The smallest absolute Gasteiger partial charge is 0.131 e. The Balaban J connectivity index is 2.25. The zero-order valence-corrected chi connectivity index (χ0v) is 14.1. The first-order chi connectivity index (χ1) is 11.0. The summed E-state index contributed by atoms with van der Waals surface area (Å²) in [7, 11) is 0. The highest BCUT2D eigenvalue weighted by atomic mass is 35.5. The summed E-state index contributed by atoms with van der Waals surface area (Å²) in [6.45, 7) is 5.58. The minimum Gasteiger partial charge on any atom is -0.347 e. The molecule has 0 unspecified atom stereocenters. The van der Waals surface area contributed by atoms with E-state index >= 15 is 0 Å². The van der Waals surface area contributed by atoms with Crippen molar-refractivity contribution in [3.8, 4) is 11.1 Å². The second-order valence-corrected chi connectivity index (χ2v) is 6.64. The second kappa shape index (κ2) is 6.34. The average Bonchev–Trinajstić information content (AvgIpc) is 2.83. The molecule has 2 N–H and O–H groups in total. The van der Waals surface area contributed by atoms with Crippen molar-refractivity contribution >= 4 is 22.5 Å². The fourth-order valence-corrected chi connectivity index (χ4v) is 3.21. The van der Waals surface area contributed by atoms with Crippen LogP contribution in [0.15, 0.2) is 42.6 Å². The van der Waals surface area contributed by atoms with Crippen LogP contribution in [0.25, 0.3) is 22.0 Å². The molecule has 0 fully saturated rings. The van der Waals surface area contributed by atoms with Crippen molar-refractivity contribution in [2.75, 3.05) is 0 Å². The summed E-state index contributed by atoms with van der Waals surface area (Å²) >= 11 is 6.25. The van der Waals surface area contributed by atoms with Crippen molar-refractivity contribution in [2.45, 2.75) is 26.9 Å². The van der Waals surface area contributed by atoms with E-state index in [9.17, 15) is 4.39 Å². The zero-order chi connectivity index (χ0) is 16.6. The Morgan fingerprint density at radius 2 is 1.91 bits per heavy atom. The summed E-state index contributed by atoms with van der Waals surface area (Å²) in [6, 6.07) is 10.8. The lowest BCUT2D eigenvalue weighted by Gasteiger charge is -2.11. The first kappa shape index (κ1) is 16.0. The highest BCUT2D eigenvalue weighted by Crippen LogP contribution is 2.34. The van der Waals surface area contributed by atoms with Crippen LogP contribution in [0, 0.1) is 11.7 Å². The van der Waals surface area contributed by atoms with E-state index in [1.807, 2.05) is 30.5 Å². The molecular formula is C19H20ClFN2. The molecule has 0 aliphatic carbocycles. The van der Waals surface area contributed by atoms with E-state index < -0.39 is 0 Å². The topological polar surface area (TPSA) is 30.9 Å². The highest BCUT2D eigenvalue weighted by molar-refractivity contribution is 6.33. The van der Waals surface area contributed by atoms with Gasteiger partial charge in [-0.1, -0.05) is 43.6 Å². The van der Waals surface area contributed by atoms with Crippen LogP contribution < -0.4 is 5.73 Å². The average molecular weight is 331 g/mol. The van der Waals surface area contributed by atoms with E-state index in [1.165, 1.54) is 0 Å². The third-order valence-corrected chi connectivity index (χ3v) is 4.33. The summed E-state index contributed by atoms with van der Waals surface area (Å²) in [5.74, 6) is 0.215. The number of fused-ring (bicyclic) bond motifs is 1. The molecule has 0 atom stereocenters. The van der Waals surface area contributed by atoms with Gasteiger partial charge in [-0.25, -0.2) is 4.39 Å². The summed E-state index contributed by atoms with van der Waals surface area (Å²) in [5.41, 5.74) is 9.02. The maximum absolute atomic E-state index is 14.7. The van der Waals surface area contributed by atoms with Crippen LogP contribution in [-0.2, 0) is 13.1 Å². The Kier molecular flexibility index (Phi) is 4.42. The third-order valence-electron chi connectivity index (χ3n) is 4.00. The lowest BCUT2D eigenvalue weighted by Crippen LogP contribution is -2.03. The first-order valence-electron chi connectivity index (χ1n) is 7.77. The van der Waals surface area contributed by atoms with Gasteiger partial charge in [-0.3, -0.25) is 0 Å². The molecule has 0 amide bonds. The van der Waals surface area contributed by atoms with Gasteiger partial charge in [0.2, 0.25) is 0 Å². The molecule has 2 aromatic carbocycles. The number of nitrogens with two attached hydrogens (primary N) is 1. The molecule has 3 aromatic rings. The van der Waals surface area contributed by atoms with Gasteiger partial charge in [0.05, 0.1) is 0 Å². The Hall–Kier alpha value is -1.84. The molecule has 0 bridgehead atoms. The number of benzene rings is 2. The molecule has 23 heavy (non-hydrogen) atoms. The van der Waals surface area contributed by atoms with Crippen molar-refractivity contribution in [2.24, 2.45) is 11.7 Å². The number of aromatic nitrogens is 1. The standard InChI is InChI=1S/C19H20ClFN2/c1-12(2)10-23-11-13(9-22)15-7-18(21)16(8-19(15)23)14-5-3-4-6-17(14)20/h3-8,11-12H,9-10,22H2,1-2H3. The Bertz CT molecular complexity index is 852. The van der Waals surface area contributed by atoms with Gasteiger partial charge in [0.25, 0.3) is 0 Å². The van der Waals surface area contributed by atoms with E-state index in [-0.39, 0.29) is 5.82 Å². The van der Waals surface area contributed by atoms with Crippen molar-refractivity contribution in [1.29, 1.82) is 0 Å². The van der Waals surface area contributed by atoms with Crippen LogP contribution in [-0.4, -0.2) is 4.57 Å². The van der Waals surface area contributed by atoms with Crippen LogP contribution in [0.5, 0.6) is 0 Å². The fourth-order valence-electron chi connectivity index (χ4n) is 2.98. The fraction of sp³-hybridized carbons (Fsp3) is 0.263. The normalized spacial score (nSPS) is 11.6. The van der Waals surface area contributed by atoms with E-state index in [2.05, 4.69) is 18.4 Å². The molecule has 0 spiro atoms. The second-order valence-electron chi connectivity index (χ2n) is 6.23. The van der Waals surface area contributed by atoms with Crippen molar-refractivity contribution < 1.29 is 4.39 Å². The molecule has 0 radical (unpaired) electrons. The molecule has 1 aromatic heterocycles. The summed E-state index contributed by atoms with van der Waals surface area (Å²) < 4.78 is 16.8. The molecule has 4 heteroatoms. The molecule has 3 rings (SSSR count). The molecular weight excluding hydrogens is 311 g/mol. The van der Waals surface area contributed by atoms with E-state index in [4.69, 9.17) is 17.3 Å². The quantitative estimate of drug-likeness (QED) is 0.699. The first-order valence-corrected chi connectivity index (χ1v) is 8.15. The molecule has 0 aliphatic heterocycles. The monoisotopic (exact) mass is 330 g/mol. The van der Waals surface area contributed by atoms with Crippen LogP contribution >= 0.6 is 11.6 Å². The lowest BCUT2D eigenvalue weighted by atomic mass is 10.0. The van der Waals surface area contributed by atoms with Crippen LogP contribution in [0.4, 0.5) is 4.39 Å². The Morgan fingerprint density at radius 1 is 1.17 bits per heavy atom. The van der Waals surface area contributed by atoms with Gasteiger partial charge < -0.3 is 10.3 Å². The minimum atomic E-state index is -0.275. The van der Waals surface area contributed by atoms with E-state index in [1.54, 1.807) is 12.1 Å². The van der Waals surface area contributed by atoms with Gasteiger partial charge in [0.1, 0.15) is 5.82 Å². The van der Waals surface area contributed by atoms with Crippen molar-refractivity contribution in [3.05, 3.63) is 59.0 Å². The minimum absolute atomic E-state index is 0.275. The summed E-state index contributed by atoms with van der Waals surface area (Å²) in [6.07, 6.45) is 2.03. The van der Waals surface area contributed by atoms with Gasteiger partial charge in [-0.05, 0) is 29.7 Å². The van der Waals surface area contributed by atoms with Crippen LogP contribution in [0.2, 0.25) is 5.02 Å². The van der Waals surface area contributed by atoms with Crippen molar-refractivity contribution in [3.63, 3.8) is 0 Å². The van der Waals surface area contributed by atoms with Gasteiger partial charge in [0, 0.05) is 46.3 Å². The van der Waals surface area contributed by atoms with E-state index in [0.717, 1.165) is 23.0 Å². The van der Waals surface area contributed by atoms with Crippen LogP contribution in [0.1, 0.15) is 19.4 Å². The highest BCUT2D eigenvalue weighted by Gasteiger charge is 2.15. The Labute approximate surface area is 140 Å². The predicted molar refractivity (Wildman–Crippen MR) is 95.1 cm³/mol. The maximum atomic E-state index is 14.7. The molecule has 0 saturated carbocycles. The molecule has 120 valence electrons. The number of rotatable bonds is 4. The number of nitrogens with zero attached hydrogens (tertiary/aromatic N) is 1. The molecule has 1 heterocycles. The SMILES string of the molecule is CC(C)Cn1cc(CN)c2cc(F)c(-c3ccccc3Cl)cc21. The summed E-state index contributed by atoms with van der Waals surface area (Å²) in [5, 5.41) is 1.42. The van der Waals surface area contributed by atoms with Gasteiger partial charge in [0.15, 0.2) is 0 Å². The third kappa shape index (κ3) is 2.99. The summed E-state index contributed by atoms with van der Waals surface area (Å²) in [4.78, 5) is 0. The van der Waals surface area contributed by atoms with E-state index in [0.29, 0.717) is 28.6 Å². The molecule has 2 nitrogen and oxygen atoms in total. The predicted octanol–water partition coefficient (Wildman–Crippen LogP) is 5.22. The molecule has 0 aliphatic rings.